The summed E-state index contributed by atoms with van der Waals surface area (Å²) in [7, 11) is 0. The Balaban J connectivity index is 2.11. The number of hydrogen-bond donors (Lipinski definition) is 4. The number of thiol groups is 1. The first kappa shape index (κ1) is 16.5. The van der Waals surface area contributed by atoms with Gasteiger partial charge in [-0.25, -0.2) is 4.79 Å². The van der Waals surface area contributed by atoms with Crippen LogP contribution in [-0.2, 0) is 6.54 Å². The van der Waals surface area contributed by atoms with Crippen molar-refractivity contribution in [3.8, 4) is 11.1 Å². The van der Waals surface area contributed by atoms with Gasteiger partial charge in [0.25, 0.3) is 0 Å². The number of carboxylic acids is 1. The SMILES string of the molecule is N[C@@H](CS)CNCc1cccc(-c2cccc(C(=O)O)c2)c1. The van der Waals surface area contributed by atoms with E-state index in [-0.39, 0.29) is 6.04 Å². The molecular formula is C17H20N2O2S. The lowest BCUT2D eigenvalue weighted by molar-refractivity contribution is 0.0697. The van der Waals surface area contributed by atoms with Crippen LogP contribution in [0.4, 0.5) is 0 Å². The fraction of sp³-hybridized carbons (Fsp3) is 0.235. The summed E-state index contributed by atoms with van der Waals surface area (Å²) in [6.07, 6.45) is 0. The highest BCUT2D eigenvalue weighted by Gasteiger charge is 2.05. The van der Waals surface area contributed by atoms with Gasteiger partial charge >= 0.3 is 5.97 Å². The topological polar surface area (TPSA) is 75.3 Å². The molecule has 0 bridgehead atoms. The molecule has 22 heavy (non-hydrogen) atoms. The average Bonchev–Trinajstić information content (AvgIpc) is 2.55. The van der Waals surface area contributed by atoms with Gasteiger partial charge in [0.2, 0.25) is 0 Å². The zero-order valence-electron chi connectivity index (χ0n) is 12.2. The molecule has 2 aromatic rings. The number of carbonyl (C=O) groups is 1. The van der Waals surface area contributed by atoms with Gasteiger partial charge < -0.3 is 16.2 Å². The van der Waals surface area contributed by atoms with Crippen molar-refractivity contribution in [3.63, 3.8) is 0 Å². The molecule has 0 heterocycles. The van der Waals surface area contributed by atoms with Crippen molar-refractivity contribution in [2.45, 2.75) is 12.6 Å². The summed E-state index contributed by atoms with van der Waals surface area (Å²) in [6.45, 7) is 1.43. The van der Waals surface area contributed by atoms with Crippen LogP contribution in [0, 0.1) is 0 Å². The number of hydrogen-bond acceptors (Lipinski definition) is 4. The van der Waals surface area contributed by atoms with Crippen LogP contribution >= 0.6 is 12.6 Å². The van der Waals surface area contributed by atoms with Crippen molar-refractivity contribution in [1.82, 2.24) is 5.32 Å². The highest BCUT2D eigenvalue weighted by Crippen LogP contribution is 2.21. The van der Waals surface area contributed by atoms with E-state index in [0.717, 1.165) is 16.7 Å². The zero-order chi connectivity index (χ0) is 15.9. The van der Waals surface area contributed by atoms with Crippen LogP contribution in [0.3, 0.4) is 0 Å². The maximum absolute atomic E-state index is 11.1. The molecule has 0 aliphatic rings. The van der Waals surface area contributed by atoms with Crippen molar-refractivity contribution in [2.24, 2.45) is 5.73 Å². The van der Waals surface area contributed by atoms with E-state index in [1.807, 2.05) is 24.3 Å². The molecule has 0 saturated carbocycles. The van der Waals surface area contributed by atoms with Crippen LogP contribution < -0.4 is 11.1 Å². The van der Waals surface area contributed by atoms with E-state index in [2.05, 4.69) is 24.0 Å². The smallest absolute Gasteiger partial charge is 0.335 e. The Bertz CT molecular complexity index is 646. The van der Waals surface area contributed by atoms with Crippen molar-refractivity contribution in [2.75, 3.05) is 12.3 Å². The Labute approximate surface area is 135 Å². The third kappa shape index (κ3) is 4.59. The molecule has 0 aliphatic carbocycles. The number of nitrogens with one attached hydrogen (secondary N) is 1. The number of aromatic carboxylic acids is 1. The monoisotopic (exact) mass is 316 g/mol. The van der Waals surface area contributed by atoms with E-state index in [1.165, 1.54) is 0 Å². The summed E-state index contributed by atoms with van der Waals surface area (Å²) in [6, 6.07) is 15.0. The molecule has 0 amide bonds. The lowest BCUT2D eigenvalue weighted by Crippen LogP contribution is -2.34. The molecule has 0 saturated heterocycles. The van der Waals surface area contributed by atoms with Gasteiger partial charge in [0.15, 0.2) is 0 Å². The van der Waals surface area contributed by atoms with Crippen molar-refractivity contribution in [1.29, 1.82) is 0 Å². The summed E-state index contributed by atoms with van der Waals surface area (Å²) < 4.78 is 0. The highest BCUT2D eigenvalue weighted by atomic mass is 32.1. The molecule has 0 aliphatic heterocycles. The Hall–Kier alpha value is -1.82. The first-order valence-corrected chi connectivity index (χ1v) is 7.73. The third-order valence-electron chi connectivity index (χ3n) is 3.34. The molecule has 116 valence electrons. The summed E-state index contributed by atoms with van der Waals surface area (Å²) in [5, 5.41) is 12.4. The first-order valence-electron chi connectivity index (χ1n) is 7.10. The van der Waals surface area contributed by atoms with E-state index < -0.39 is 5.97 Å². The summed E-state index contributed by atoms with van der Waals surface area (Å²) >= 11 is 4.15. The second kappa shape index (κ2) is 7.98. The minimum Gasteiger partial charge on any atom is -0.478 e. The Morgan fingerprint density at radius 2 is 1.86 bits per heavy atom. The summed E-state index contributed by atoms with van der Waals surface area (Å²) in [5.41, 5.74) is 9.13. The lowest BCUT2D eigenvalue weighted by Gasteiger charge is -2.11. The quantitative estimate of drug-likeness (QED) is 0.592. The van der Waals surface area contributed by atoms with Gasteiger partial charge in [-0.05, 0) is 34.9 Å². The van der Waals surface area contributed by atoms with Crippen LogP contribution in [0.1, 0.15) is 15.9 Å². The van der Waals surface area contributed by atoms with Crippen LogP contribution in [-0.4, -0.2) is 29.4 Å². The van der Waals surface area contributed by atoms with Crippen LogP contribution in [0.15, 0.2) is 48.5 Å². The fourth-order valence-corrected chi connectivity index (χ4v) is 2.29. The first-order chi connectivity index (χ1) is 10.6. The maximum Gasteiger partial charge on any atom is 0.335 e. The molecule has 2 aromatic carbocycles. The fourth-order valence-electron chi connectivity index (χ4n) is 2.16. The van der Waals surface area contributed by atoms with Crippen LogP contribution in [0.2, 0.25) is 0 Å². The van der Waals surface area contributed by atoms with Crippen molar-refractivity contribution in [3.05, 3.63) is 59.7 Å². The Kier molecular flexibility index (Phi) is 6.00. The number of carboxylic acid groups (broad SMARTS) is 1. The number of nitrogens with two attached hydrogens (primary N) is 1. The van der Waals surface area contributed by atoms with E-state index >= 15 is 0 Å². The Morgan fingerprint density at radius 1 is 1.18 bits per heavy atom. The second-order valence-corrected chi connectivity index (χ2v) is 5.53. The predicted molar refractivity (Wildman–Crippen MR) is 92.4 cm³/mol. The molecule has 4 N–H and O–H groups in total. The molecule has 5 heteroatoms. The molecular weight excluding hydrogens is 296 g/mol. The standard InChI is InChI=1S/C17H20N2O2S/c18-16(11-22)10-19-9-12-3-1-4-13(7-12)14-5-2-6-15(8-14)17(20)21/h1-8,16,19,22H,9-11,18H2,(H,20,21)/t16-/m1/s1. The van der Waals surface area contributed by atoms with Gasteiger partial charge in [0.1, 0.15) is 0 Å². The molecule has 2 rings (SSSR count). The molecule has 0 aromatic heterocycles. The maximum atomic E-state index is 11.1. The van der Waals surface area contributed by atoms with Gasteiger partial charge in [0.05, 0.1) is 5.56 Å². The predicted octanol–water partition coefficient (Wildman–Crippen LogP) is 2.40. The van der Waals surface area contributed by atoms with Gasteiger partial charge in [-0.1, -0.05) is 30.3 Å². The summed E-state index contributed by atoms with van der Waals surface area (Å²) in [5.74, 6) is -0.268. The minimum atomic E-state index is -0.916. The van der Waals surface area contributed by atoms with E-state index in [4.69, 9.17) is 10.8 Å². The molecule has 4 nitrogen and oxygen atoms in total. The summed E-state index contributed by atoms with van der Waals surface area (Å²) in [4.78, 5) is 11.1. The highest BCUT2D eigenvalue weighted by molar-refractivity contribution is 7.80. The molecule has 0 spiro atoms. The lowest BCUT2D eigenvalue weighted by atomic mass is 10.0. The van der Waals surface area contributed by atoms with Crippen LogP contribution in [0.5, 0.6) is 0 Å². The number of rotatable bonds is 7. The molecule has 1 atom stereocenters. The van der Waals surface area contributed by atoms with E-state index in [1.54, 1.807) is 18.2 Å². The third-order valence-corrected chi connectivity index (χ3v) is 3.81. The average molecular weight is 316 g/mol. The normalized spacial score (nSPS) is 12.1. The van der Waals surface area contributed by atoms with Crippen LogP contribution in [0.25, 0.3) is 11.1 Å². The zero-order valence-corrected chi connectivity index (χ0v) is 13.1. The van der Waals surface area contributed by atoms with Gasteiger partial charge in [-0.2, -0.15) is 12.6 Å². The Morgan fingerprint density at radius 3 is 2.55 bits per heavy atom. The van der Waals surface area contributed by atoms with Gasteiger partial charge in [0, 0.05) is 24.9 Å². The molecule has 0 unspecified atom stereocenters. The number of benzene rings is 2. The van der Waals surface area contributed by atoms with Crippen molar-refractivity contribution >= 4 is 18.6 Å². The van der Waals surface area contributed by atoms with Crippen molar-refractivity contribution < 1.29 is 9.90 Å². The minimum absolute atomic E-state index is 0.0405. The molecule has 0 fully saturated rings. The second-order valence-electron chi connectivity index (χ2n) is 5.16. The van der Waals surface area contributed by atoms with Gasteiger partial charge in [-0.15, -0.1) is 0 Å². The largest absolute Gasteiger partial charge is 0.478 e. The van der Waals surface area contributed by atoms with E-state index in [9.17, 15) is 4.79 Å². The van der Waals surface area contributed by atoms with Gasteiger partial charge in [-0.3, -0.25) is 0 Å². The molecule has 0 radical (unpaired) electrons. The van der Waals surface area contributed by atoms with E-state index in [0.29, 0.717) is 24.4 Å².